The Hall–Kier alpha value is -1.63. The van der Waals surface area contributed by atoms with E-state index in [9.17, 15) is 0 Å². The maximum absolute atomic E-state index is 6.22. The van der Waals surface area contributed by atoms with Crippen molar-refractivity contribution in [3.8, 4) is 12.0 Å². The van der Waals surface area contributed by atoms with Crippen LogP contribution in [0.15, 0.2) is 36.4 Å². The average Bonchev–Trinajstić information content (AvgIpc) is 2.88. The monoisotopic (exact) mass is 388 g/mol. The molecule has 1 aliphatic rings. The van der Waals surface area contributed by atoms with Crippen molar-refractivity contribution in [2.75, 3.05) is 13.6 Å². The highest BCUT2D eigenvalue weighted by Gasteiger charge is 2.22. The first-order valence-corrected chi connectivity index (χ1v) is 9.13. The SMILES string of the molecule is CN1CCc2c(n(C#Cc3ccc(Cl)c(Cl)c3)c3ccc(Cl)cc23)C1. The fourth-order valence-corrected chi connectivity index (χ4v) is 3.76. The number of likely N-dealkylation sites (N-methyl/N-ethyl adjacent to an activating group) is 1. The van der Waals surface area contributed by atoms with Gasteiger partial charge in [0, 0.05) is 40.8 Å². The molecule has 0 unspecified atom stereocenters. The Morgan fingerprint density at radius 2 is 1.84 bits per heavy atom. The molecule has 3 aromatic rings. The molecule has 0 saturated heterocycles. The number of aromatic nitrogens is 1. The molecule has 0 radical (unpaired) electrons. The normalized spacial score (nSPS) is 14.2. The van der Waals surface area contributed by atoms with Crippen LogP contribution in [0.5, 0.6) is 0 Å². The molecular formula is C20H15Cl3N2. The molecule has 0 spiro atoms. The lowest BCUT2D eigenvalue weighted by molar-refractivity contribution is 0.308. The second kappa shape index (κ2) is 6.59. The van der Waals surface area contributed by atoms with Gasteiger partial charge in [0.1, 0.15) is 0 Å². The van der Waals surface area contributed by atoms with Gasteiger partial charge in [-0.1, -0.05) is 34.8 Å². The zero-order chi connectivity index (χ0) is 17.6. The first-order valence-electron chi connectivity index (χ1n) is 8.00. The van der Waals surface area contributed by atoms with Crippen molar-refractivity contribution < 1.29 is 0 Å². The summed E-state index contributed by atoms with van der Waals surface area (Å²) in [7, 11) is 2.13. The Kier molecular flexibility index (Phi) is 4.43. The summed E-state index contributed by atoms with van der Waals surface area (Å²) in [4.78, 5) is 2.31. The van der Waals surface area contributed by atoms with E-state index < -0.39 is 0 Å². The minimum atomic E-state index is 0.513. The van der Waals surface area contributed by atoms with Crippen molar-refractivity contribution in [3.63, 3.8) is 0 Å². The van der Waals surface area contributed by atoms with Gasteiger partial charge < -0.3 is 4.90 Å². The van der Waals surface area contributed by atoms with Crippen LogP contribution < -0.4 is 0 Å². The first kappa shape index (κ1) is 16.8. The van der Waals surface area contributed by atoms with Crippen molar-refractivity contribution in [1.29, 1.82) is 0 Å². The molecule has 2 aromatic carbocycles. The zero-order valence-corrected chi connectivity index (χ0v) is 15.9. The molecule has 2 nitrogen and oxygen atoms in total. The van der Waals surface area contributed by atoms with Crippen molar-refractivity contribution >= 4 is 45.7 Å². The molecule has 5 heteroatoms. The van der Waals surface area contributed by atoms with Gasteiger partial charge in [0.15, 0.2) is 0 Å². The third kappa shape index (κ3) is 3.14. The number of rotatable bonds is 0. The largest absolute Gasteiger partial charge is 0.300 e. The lowest BCUT2D eigenvalue weighted by atomic mass is 10.0. The van der Waals surface area contributed by atoms with Crippen LogP contribution in [0, 0.1) is 12.0 Å². The fraction of sp³-hybridized carbons (Fsp3) is 0.200. The van der Waals surface area contributed by atoms with Gasteiger partial charge in [-0.05, 0) is 61.4 Å². The van der Waals surface area contributed by atoms with Crippen molar-refractivity contribution in [2.45, 2.75) is 13.0 Å². The number of nitrogens with zero attached hydrogens (tertiary/aromatic N) is 2. The molecule has 0 fully saturated rings. The van der Waals surface area contributed by atoms with Crippen LogP contribution in [-0.4, -0.2) is 23.1 Å². The molecular weight excluding hydrogens is 375 g/mol. The van der Waals surface area contributed by atoms with Gasteiger partial charge in [0.05, 0.1) is 15.6 Å². The summed E-state index contributed by atoms with van der Waals surface area (Å²) >= 11 is 18.3. The van der Waals surface area contributed by atoms with E-state index in [-0.39, 0.29) is 0 Å². The van der Waals surface area contributed by atoms with Crippen molar-refractivity contribution in [2.24, 2.45) is 0 Å². The van der Waals surface area contributed by atoms with Gasteiger partial charge in [0.2, 0.25) is 0 Å². The quantitative estimate of drug-likeness (QED) is 0.464. The van der Waals surface area contributed by atoms with Crippen LogP contribution in [0.1, 0.15) is 16.8 Å². The van der Waals surface area contributed by atoms with Crippen LogP contribution in [-0.2, 0) is 13.0 Å². The fourth-order valence-electron chi connectivity index (χ4n) is 3.29. The predicted molar refractivity (Wildman–Crippen MR) is 106 cm³/mol. The molecule has 4 rings (SSSR count). The predicted octanol–water partition coefficient (Wildman–Crippen LogP) is 5.45. The Bertz CT molecular complexity index is 1040. The molecule has 1 aliphatic heterocycles. The van der Waals surface area contributed by atoms with Gasteiger partial charge in [-0.15, -0.1) is 0 Å². The molecule has 0 amide bonds. The smallest absolute Gasteiger partial charge is 0.0619 e. The number of hydrogen-bond acceptors (Lipinski definition) is 1. The average molecular weight is 390 g/mol. The third-order valence-electron chi connectivity index (χ3n) is 4.54. The van der Waals surface area contributed by atoms with Gasteiger partial charge in [-0.3, -0.25) is 4.57 Å². The van der Waals surface area contributed by atoms with Crippen molar-refractivity contribution in [1.82, 2.24) is 9.47 Å². The van der Waals surface area contributed by atoms with Gasteiger partial charge in [0.25, 0.3) is 0 Å². The lowest BCUT2D eigenvalue weighted by Gasteiger charge is -2.23. The molecule has 25 heavy (non-hydrogen) atoms. The Balaban J connectivity index is 1.88. The van der Waals surface area contributed by atoms with Gasteiger partial charge >= 0.3 is 0 Å². The van der Waals surface area contributed by atoms with E-state index in [0.29, 0.717) is 10.0 Å². The van der Waals surface area contributed by atoms with E-state index in [2.05, 4.69) is 28.5 Å². The molecule has 0 aliphatic carbocycles. The van der Waals surface area contributed by atoms with Crippen LogP contribution in [0.25, 0.3) is 10.9 Å². The summed E-state index contributed by atoms with van der Waals surface area (Å²) in [5.41, 5.74) is 4.51. The minimum absolute atomic E-state index is 0.513. The van der Waals surface area contributed by atoms with Crippen molar-refractivity contribution in [3.05, 3.63) is 68.3 Å². The molecule has 0 atom stereocenters. The Labute approximate surface area is 161 Å². The van der Waals surface area contributed by atoms with E-state index in [1.54, 1.807) is 12.1 Å². The highest BCUT2D eigenvalue weighted by atomic mass is 35.5. The number of halogens is 3. The van der Waals surface area contributed by atoms with Gasteiger partial charge in [-0.25, -0.2) is 0 Å². The van der Waals surface area contributed by atoms with E-state index in [0.717, 1.165) is 35.6 Å². The second-order valence-electron chi connectivity index (χ2n) is 6.28. The number of fused-ring (bicyclic) bond motifs is 3. The molecule has 2 heterocycles. The molecule has 126 valence electrons. The zero-order valence-electron chi connectivity index (χ0n) is 13.6. The maximum atomic E-state index is 6.22. The number of hydrogen-bond donors (Lipinski definition) is 0. The van der Waals surface area contributed by atoms with Crippen LogP contribution in [0.3, 0.4) is 0 Å². The minimum Gasteiger partial charge on any atom is -0.300 e. The van der Waals surface area contributed by atoms with Crippen LogP contribution in [0.4, 0.5) is 0 Å². The van der Waals surface area contributed by atoms with E-state index in [4.69, 9.17) is 34.8 Å². The third-order valence-corrected chi connectivity index (χ3v) is 5.51. The molecule has 0 N–H and O–H groups in total. The van der Waals surface area contributed by atoms with E-state index in [1.165, 1.54) is 16.6 Å². The van der Waals surface area contributed by atoms with E-state index >= 15 is 0 Å². The summed E-state index contributed by atoms with van der Waals surface area (Å²) in [5.74, 6) is 3.21. The van der Waals surface area contributed by atoms with Crippen LogP contribution in [0.2, 0.25) is 15.1 Å². The summed E-state index contributed by atoms with van der Waals surface area (Å²) < 4.78 is 2.08. The summed E-state index contributed by atoms with van der Waals surface area (Å²) in [6, 6.07) is 14.7. The summed E-state index contributed by atoms with van der Waals surface area (Å²) in [6.07, 6.45) is 1.00. The Morgan fingerprint density at radius 1 is 1.00 bits per heavy atom. The molecule has 0 bridgehead atoms. The maximum Gasteiger partial charge on any atom is 0.0619 e. The summed E-state index contributed by atoms with van der Waals surface area (Å²) in [6.45, 7) is 1.91. The van der Waals surface area contributed by atoms with E-state index in [1.807, 2.05) is 24.3 Å². The Morgan fingerprint density at radius 3 is 2.64 bits per heavy atom. The highest BCUT2D eigenvalue weighted by Crippen LogP contribution is 2.32. The topological polar surface area (TPSA) is 8.17 Å². The summed E-state index contributed by atoms with van der Waals surface area (Å²) in [5, 5.41) is 2.99. The molecule has 1 aromatic heterocycles. The first-order chi connectivity index (χ1) is 12.0. The lowest BCUT2D eigenvalue weighted by Crippen LogP contribution is -2.27. The second-order valence-corrected chi connectivity index (χ2v) is 7.53. The molecule has 0 saturated carbocycles. The van der Waals surface area contributed by atoms with Gasteiger partial charge in [-0.2, -0.15) is 0 Å². The van der Waals surface area contributed by atoms with Crippen LogP contribution >= 0.6 is 34.8 Å². The number of benzene rings is 2. The highest BCUT2D eigenvalue weighted by molar-refractivity contribution is 6.42. The standard InChI is InChI=1S/C20H15Cl3N2/c1-24-8-7-15-16-11-14(21)3-5-19(16)25(20(15)12-24)9-6-13-2-4-17(22)18(23)10-13/h2-5,10-11H,7-8,12H2,1H3.